The summed E-state index contributed by atoms with van der Waals surface area (Å²) in [6.45, 7) is 0. The Morgan fingerprint density at radius 3 is 2.33 bits per heavy atom. The second-order valence-corrected chi connectivity index (χ2v) is 8.54. The predicted octanol–water partition coefficient (Wildman–Crippen LogP) is 5.09. The number of benzene rings is 2. The van der Waals surface area contributed by atoms with Crippen LogP contribution >= 0.6 is 31.4 Å². The van der Waals surface area contributed by atoms with Gasteiger partial charge in [0.2, 0.25) is 0 Å². The Balaban J connectivity index is 1.42. The molecule has 7 heteroatoms. The summed E-state index contributed by atoms with van der Waals surface area (Å²) in [5, 5.41) is 7.61. The van der Waals surface area contributed by atoms with Crippen LogP contribution in [-0.4, -0.2) is 10.3 Å². The average Bonchev–Trinajstić information content (AvgIpc) is 2.96. The molecular weight excluding hydrogens is 327 g/mol. The Labute approximate surface area is 132 Å². The molecule has 1 heterocycles. The van der Waals surface area contributed by atoms with Gasteiger partial charge in [0.05, 0.1) is 0 Å². The normalized spacial score (nSPS) is 11.1. The van der Waals surface area contributed by atoms with E-state index in [4.69, 9.17) is 0 Å². The van der Waals surface area contributed by atoms with Crippen LogP contribution in [0.5, 0.6) is 0 Å². The smallest absolute Gasteiger partial charge is 0.135 e. The first kappa shape index (κ1) is 14.7. The number of halogens is 1. The van der Waals surface area contributed by atoms with Gasteiger partial charge in [-0.05, 0) is 55.5 Å². The molecule has 0 atom stereocenters. The van der Waals surface area contributed by atoms with Crippen molar-refractivity contribution < 1.29 is 9.02 Å². The summed E-state index contributed by atoms with van der Waals surface area (Å²) < 4.78 is 17.5. The highest BCUT2D eigenvalue weighted by Crippen LogP contribution is 2.38. The van der Waals surface area contributed by atoms with Gasteiger partial charge >= 0.3 is 0 Å². The van der Waals surface area contributed by atoms with Crippen LogP contribution in [0.3, 0.4) is 0 Å². The zero-order valence-corrected chi connectivity index (χ0v) is 13.3. The second-order valence-electron chi connectivity index (χ2n) is 4.31. The van der Waals surface area contributed by atoms with Gasteiger partial charge in [0.1, 0.15) is 16.9 Å². The topological polar surface area (TPSA) is 38.9 Å². The molecule has 0 spiro atoms. The summed E-state index contributed by atoms with van der Waals surface area (Å²) in [7, 11) is 5.25. The number of rotatable bonds is 6. The highest BCUT2D eigenvalue weighted by Gasteiger charge is 2.02. The molecule has 0 N–H and O–H groups in total. The lowest BCUT2D eigenvalue weighted by Crippen LogP contribution is -1.80. The molecule has 0 saturated carbocycles. The Morgan fingerprint density at radius 2 is 1.52 bits per heavy atom. The maximum atomic E-state index is 12.8. The fourth-order valence-electron chi connectivity index (χ4n) is 1.72. The van der Waals surface area contributed by atoms with E-state index in [1.165, 1.54) is 17.7 Å². The lowest BCUT2D eigenvalue weighted by atomic mass is 10.2. The van der Waals surface area contributed by atoms with Crippen LogP contribution in [0, 0.1) is 5.82 Å². The molecule has 21 heavy (non-hydrogen) atoms. The number of hydrogen-bond acceptors (Lipinski definition) is 6. The quantitative estimate of drug-likeness (QED) is 0.460. The van der Waals surface area contributed by atoms with Crippen LogP contribution < -0.4 is 0 Å². The second kappa shape index (κ2) is 7.20. The van der Waals surface area contributed by atoms with Crippen molar-refractivity contribution in [3.8, 4) is 0 Å². The van der Waals surface area contributed by atoms with Crippen LogP contribution in [0.25, 0.3) is 11.0 Å². The Kier molecular flexibility index (Phi) is 5.05. The molecule has 3 rings (SSSR count). The van der Waals surface area contributed by atoms with Crippen molar-refractivity contribution >= 4 is 42.4 Å². The summed E-state index contributed by atoms with van der Waals surface area (Å²) in [4.78, 5) is 0. The van der Waals surface area contributed by atoms with Gasteiger partial charge in [-0.2, -0.15) is 0 Å². The minimum absolute atomic E-state index is 0.191. The molecule has 0 bridgehead atoms. The molecule has 3 aromatic rings. The molecule has 0 aliphatic carbocycles. The molecule has 3 nitrogen and oxygen atoms in total. The van der Waals surface area contributed by atoms with Gasteiger partial charge in [0, 0.05) is 11.5 Å². The molecule has 1 aromatic heterocycles. The number of nitrogens with zero attached hydrogens (tertiary/aromatic N) is 2. The fraction of sp³-hybridized carbons (Fsp3) is 0.143. The molecule has 0 aliphatic heterocycles. The largest absolute Gasteiger partial charge is 0.243 e. The lowest BCUT2D eigenvalue weighted by Gasteiger charge is -2.02. The molecule has 2 aromatic carbocycles. The first-order chi connectivity index (χ1) is 10.3. The third-order valence-electron chi connectivity index (χ3n) is 2.78. The average molecular weight is 338 g/mol. The van der Waals surface area contributed by atoms with Gasteiger partial charge < -0.3 is 0 Å². The molecule has 0 unspecified atom stereocenters. The summed E-state index contributed by atoms with van der Waals surface area (Å²) in [6, 6.07) is 12.6. The Morgan fingerprint density at radius 1 is 0.857 bits per heavy atom. The van der Waals surface area contributed by atoms with E-state index in [2.05, 4.69) is 14.9 Å². The van der Waals surface area contributed by atoms with Gasteiger partial charge in [-0.3, -0.25) is 0 Å². The number of hydrogen-bond donors (Lipinski definition) is 0. The molecule has 108 valence electrons. The zero-order chi connectivity index (χ0) is 14.5. The molecule has 0 saturated heterocycles. The van der Waals surface area contributed by atoms with E-state index >= 15 is 0 Å². The molecule has 0 aliphatic rings. The van der Waals surface area contributed by atoms with Crippen molar-refractivity contribution in [3.63, 3.8) is 0 Å². The summed E-state index contributed by atoms with van der Waals surface area (Å²) >= 11 is 0. The first-order valence-corrected chi connectivity index (χ1v) is 10.00. The minimum atomic E-state index is -0.191. The van der Waals surface area contributed by atoms with E-state index in [1.807, 2.05) is 30.3 Å². The van der Waals surface area contributed by atoms with E-state index in [0.717, 1.165) is 28.1 Å². The highest BCUT2D eigenvalue weighted by atomic mass is 33.5. The van der Waals surface area contributed by atoms with Crippen molar-refractivity contribution in [2.24, 2.45) is 0 Å². The minimum Gasteiger partial charge on any atom is -0.243 e. The monoisotopic (exact) mass is 338 g/mol. The van der Waals surface area contributed by atoms with Crippen LogP contribution in [0.15, 0.2) is 47.1 Å². The summed E-state index contributed by atoms with van der Waals surface area (Å²) in [5.41, 5.74) is 3.89. The van der Waals surface area contributed by atoms with E-state index in [-0.39, 0.29) is 5.82 Å². The van der Waals surface area contributed by atoms with Gasteiger partial charge in [-0.25, -0.2) is 9.02 Å². The maximum Gasteiger partial charge on any atom is 0.135 e. The van der Waals surface area contributed by atoms with Gasteiger partial charge in [-0.15, -0.1) is 0 Å². The molecule has 0 radical (unpaired) electrons. The maximum absolute atomic E-state index is 12.8. The van der Waals surface area contributed by atoms with Crippen molar-refractivity contribution in [2.45, 2.75) is 11.5 Å². The first-order valence-electron chi connectivity index (χ1n) is 6.18. The van der Waals surface area contributed by atoms with Crippen LogP contribution in [0.2, 0.25) is 0 Å². The number of aromatic nitrogens is 2. The summed E-state index contributed by atoms with van der Waals surface area (Å²) in [5.74, 6) is 1.57. The third-order valence-corrected chi connectivity index (χ3v) is 6.89. The summed E-state index contributed by atoms with van der Waals surface area (Å²) in [6.07, 6.45) is 0. The SMILES string of the molecule is Fc1ccc(CSSSCc2ccc3nonc3c2)cc1. The van der Waals surface area contributed by atoms with E-state index in [0.29, 0.717) is 0 Å². The molecule has 0 fully saturated rings. The Hall–Kier alpha value is -1.18. The van der Waals surface area contributed by atoms with Crippen molar-refractivity contribution in [3.05, 3.63) is 59.4 Å². The van der Waals surface area contributed by atoms with Gasteiger partial charge in [0.25, 0.3) is 0 Å². The van der Waals surface area contributed by atoms with Gasteiger partial charge in [0.15, 0.2) is 0 Å². The van der Waals surface area contributed by atoms with Crippen molar-refractivity contribution in [2.75, 3.05) is 0 Å². The van der Waals surface area contributed by atoms with Crippen molar-refractivity contribution in [1.29, 1.82) is 0 Å². The lowest BCUT2D eigenvalue weighted by molar-refractivity contribution is 0.315. The number of fused-ring (bicyclic) bond motifs is 1. The predicted molar refractivity (Wildman–Crippen MR) is 88.4 cm³/mol. The fourth-order valence-corrected chi connectivity index (χ4v) is 5.31. The van der Waals surface area contributed by atoms with E-state index in [9.17, 15) is 4.39 Å². The van der Waals surface area contributed by atoms with Crippen LogP contribution in [0.4, 0.5) is 4.39 Å². The van der Waals surface area contributed by atoms with Crippen LogP contribution in [0.1, 0.15) is 11.1 Å². The molecular formula is C14H11FN2OS3. The van der Waals surface area contributed by atoms with E-state index in [1.54, 1.807) is 31.4 Å². The third kappa shape index (κ3) is 4.15. The van der Waals surface area contributed by atoms with Crippen LogP contribution in [-0.2, 0) is 11.5 Å². The highest BCUT2D eigenvalue weighted by molar-refractivity contribution is 9.09. The van der Waals surface area contributed by atoms with Gasteiger partial charge in [-0.1, -0.05) is 39.8 Å². The Bertz CT molecular complexity index is 718. The van der Waals surface area contributed by atoms with Crippen molar-refractivity contribution in [1.82, 2.24) is 10.3 Å². The van der Waals surface area contributed by atoms with E-state index < -0.39 is 0 Å². The molecule has 0 amide bonds. The standard InChI is InChI=1S/C14H11FN2OS3/c15-12-4-1-10(2-5-12)8-19-21-20-9-11-3-6-13-14(7-11)17-18-16-13/h1-7H,8-9H2. The zero-order valence-electron chi connectivity index (χ0n) is 10.9.